The topological polar surface area (TPSA) is 35.8 Å². The van der Waals surface area contributed by atoms with Gasteiger partial charge in [-0.05, 0) is 50.9 Å². The summed E-state index contributed by atoms with van der Waals surface area (Å²) in [5.41, 5.74) is 2.11. The monoisotopic (exact) mass is 444 g/mol. The fourth-order valence-corrected chi connectivity index (χ4v) is 7.01. The van der Waals surface area contributed by atoms with Gasteiger partial charge in [-0.15, -0.1) is 0 Å². The van der Waals surface area contributed by atoms with Gasteiger partial charge in [0, 0.05) is 44.2 Å². The van der Waals surface area contributed by atoms with E-state index in [4.69, 9.17) is 4.42 Å². The molecular weight excluding hydrogens is 411 g/mol. The van der Waals surface area contributed by atoms with Crippen LogP contribution in [0.15, 0.2) is 35.1 Å². The van der Waals surface area contributed by atoms with E-state index in [0.29, 0.717) is 6.04 Å². The van der Waals surface area contributed by atoms with Crippen molar-refractivity contribution in [3.8, 4) is 0 Å². The summed E-state index contributed by atoms with van der Waals surface area (Å²) in [6.45, 7) is 5.18. The van der Waals surface area contributed by atoms with Crippen LogP contribution < -0.4 is 4.31 Å². The summed E-state index contributed by atoms with van der Waals surface area (Å²) >= 11 is 1.72. The first-order chi connectivity index (χ1) is 15.0. The van der Waals surface area contributed by atoms with Crippen molar-refractivity contribution in [2.75, 3.05) is 24.4 Å². The molecule has 2 atom stereocenters. The van der Waals surface area contributed by atoms with Crippen LogP contribution in [-0.2, 0) is 13.0 Å². The van der Waals surface area contributed by atoms with Gasteiger partial charge in [-0.3, -0.25) is 9.21 Å². The maximum atomic E-state index is 13.9. The normalized spacial score (nSPS) is 28.2. The number of halogens is 1. The van der Waals surface area contributed by atoms with Crippen LogP contribution in [0.3, 0.4) is 0 Å². The third-order valence-corrected chi connectivity index (χ3v) is 8.57. The van der Waals surface area contributed by atoms with Crippen LogP contribution in [0.1, 0.15) is 56.9 Å². The lowest BCUT2D eigenvalue weighted by Crippen LogP contribution is -2.56. The first kappa shape index (κ1) is 21.3. The Morgan fingerprint density at radius 3 is 2.90 bits per heavy atom. The summed E-state index contributed by atoms with van der Waals surface area (Å²) in [5, 5.41) is 0. The van der Waals surface area contributed by atoms with Crippen LogP contribution in [-0.4, -0.2) is 45.9 Å². The molecule has 3 aliphatic rings. The standard InChI is InChI=1S/C24H33FN4OS/c1-18-14-24(16-27(2)31-29(24)21-9-5-8-20(25)13-21)10-11-28(18)15-22-23(30-17-26-22)12-19-6-3-4-7-19/h5,8-9,13,17-19H,3-4,6-7,10-12,14-16H2,1-2H3/t18-,24+/m0/s1. The molecule has 0 N–H and O–H groups in total. The zero-order valence-corrected chi connectivity index (χ0v) is 19.4. The van der Waals surface area contributed by atoms with Crippen molar-refractivity contribution in [3.63, 3.8) is 0 Å². The zero-order valence-electron chi connectivity index (χ0n) is 18.6. The van der Waals surface area contributed by atoms with Crippen molar-refractivity contribution < 1.29 is 8.81 Å². The number of piperidine rings is 1. The van der Waals surface area contributed by atoms with E-state index in [9.17, 15) is 4.39 Å². The van der Waals surface area contributed by atoms with E-state index in [-0.39, 0.29) is 11.4 Å². The van der Waals surface area contributed by atoms with Gasteiger partial charge in [0.1, 0.15) is 11.6 Å². The highest BCUT2D eigenvalue weighted by molar-refractivity contribution is 7.98. The van der Waals surface area contributed by atoms with Gasteiger partial charge in [0.25, 0.3) is 0 Å². The molecule has 5 nitrogen and oxygen atoms in total. The molecule has 2 aromatic rings. The average Bonchev–Trinajstić information content (AvgIpc) is 3.47. The number of anilines is 1. The number of nitrogens with zero attached hydrogens (tertiary/aromatic N) is 4. The van der Waals surface area contributed by atoms with Crippen LogP contribution in [0.2, 0.25) is 0 Å². The molecule has 1 aromatic heterocycles. The third-order valence-electron chi connectivity index (χ3n) is 7.40. The summed E-state index contributed by atoms with van der Waals surface area (Å²) in [7, 11) is 2.13. The largest absolute Gasteiger partial charge is 0.448 e. The lowest BCUT2D eigenvalue weighted by Gasteiger charge is -2.47. The van der Waals surface area contributed by atoms with Crippen molar-refractivity contribution in [1.82, 2.24) is 14.2 Å². The fourth-order valence-electron chi connectivity index (χ4n) is 5.83. The Morgan fingerprint density at radius 1 is 1.29 bits per heavy atom. The third kappa shape index (κ3) is 4.37. The van der Waals surface area contributed by atoms with E-state index in [1.807, 2.05) is 12.1 Å². The van der Waals surface area contributed by atoms with Crippen LogP contribution in [0.5, 0.6) is 0 Å². The minimum absolute atomic E-state index is 0.0274. The van der Waals surface area contributed by atoms with Gasteiger partial charge < -0.3 is 4.42 Å². The first-order valence-corrected chi connectivity index (χ1v) is 12.4. The summed E-state index contributed by atoms with van der Waals surface area (Å²) in [4.78, 5) is 7.14. The number of likely N-dealkylation sites (N-methyl/N-ethyl adjacent to an activating group) is 1. The fraction of sp³-hybridized carbons (Fsp3) is 0.625. The van der Waals surface area contributed by atoms with E-state index in [0.717, 1.165) is 62.0 Å². The van der Waals surface area contributed by atoms with Crippen molar-refractivity contribution >= 4 is 17.8 Å². The van der Waals surface area contributed by atoms with Crippen LogP contribution in [0.4, 0.5) is 10.1 Å². The zero-order chi connectivity index (χ0) is 21.4. The molecule has 3 fully saturated rings. The Balaban J connectivity index is 1.28. The predicted octanol–water partition coefficient (Wildman–Crippen LogP) is 5.28. The summed E-state index contributed by atoms with van der Waals surface area (Å²) in [6, 6.07) is 7.45. The van der Waals surface area contributed by atoms with E-state index < -0.39 is 0 Å². The van der Waals surface area contributed by atoms with Gasteiger partial charge >= 0.3 is 0 Å². The molecule has 5 rings (SSSR count). The van der Waals surface area contributed by atoms with Crippen molar-refractivity contribution in [2.24, 2.45) is 5.92 Å². The van der Waals surface area contributed by atoms with Gasteiger partial charge in [-0.1, -0.05) is 31.7 Å². The van der Waals surface area contributed by atoms with E-state index >= 15 is 0 Å². The van der Waals surface area contributed by atoms with E-state index in [2.05, 4.69) is 32.5 Å². The van der Waals surface area contributed by atoms with Gasteiger partial charge in [-0.2, -0.15) is 0 Å². The molecule has 7 heteroatoms. The molecule has 31 heavy (non-hydrogen) atoms. The van der Waals surface area contributed by atoms with Crippen molar-refractivity contribution in [3.05, 3.63) is 47.9 Å². The van der Waals surface area contributed by atoms with Crippen LogP contribution in [0.25, 0.3) is 0 Å². The number of hydrogen-bond acceptors (Lipinski definition) is 6. The Bertz CT molecular complexity index is 901. The molecule has 2 saturated heterocycles. The highest BCUT2D eigenvalue weighted by atomic mass is 32.2. The maximum Gasteiger partial charge on any atom is 0.181 e. The quantitative estimate of drug-likeness (QED) is 0.584. The molecular formula is C24H33FN4OS. The first-order valence-electron chi connectivity index (χ1n) is 11.6. The minimum Gasteiger partial charge on any atom is -0.448 e. The van der Waals surface area contributed by atoms with E-state index in [1.54, 1.807) is 24.6 Å². The molecule has 168 valence electrons. The highest BCUT2D eigenvalue weighted by Crippen LogP contribution is 2.47. The second-order valence-electron chi connectivity index (χ2n) is 9.72. The molecule has 2 aliphatic heterocycles. The van der Waals surface area contributed by atoms with Crippen LogP contribution in [0, 0.1) is 11.7 Å². The van der Waals surface area contributed by atoms with Crippen molar-refractivity contribution in [1.29, 1.82) is 0 Å². The second-order valence-corrected chi connectivity index (χ2v) is 10.9. The number of benzene rings is 1. The van der Waals surface area contributed by atoms with Crippen molar-refractivity contribution in [2.45, 2.75) is 70.0 Å². The summed E-state index contributed by atoms with van der Waals surface area (Å²) in [5.74, 6) is 1.69. The molecule has 0 unspecified atom stereocenters. The SMILES string of the molecule is C[C@H]1C[C@]2(CCN1Cc1ncoc1CC1CCCC1)CN(C)SN2c1cccc(F)c1. The molecule has 1 aliphatic carbocycles. The Hall–Kier alpha value is -1.57. The van der Waals surface area contributed by atoms with E-state index in [1.165, 1.54) is 31.7 Å². The number of likely N-dealkylation sites (tertiary alicyclic amines) is 1. The number of hydrogen-bond donors (Lipinski definition) is 0. The summed E-state index contributed by atoms with van der Waals surface area (Å²) in [6.07, 6.45) is 10.1. The number of rotatable bonds is 5. The van der Waals surface area contributed by atoms with Gasteiger partial charge in [0.2, 0.25) is 0 Å². The Kier molecular flexibility index (Phi) is 6.01. The molecule has 0 amide bonds. The molecule has 1 aromatic carbocycles. The molecule has 3 heterocycles. The smallest absolute Gasteiger partial charge is 0.181 e. The average molecular weight is 445 g/mol. The van der Waals surface area contributed by atoms with Crippen LogP contribution >= 0.6 is 12.1 Å². The Morgan fingerprint density at radius 2 is 2.13 bits per heavy atom. The minimum atomic E-state index is -0.172. The number of aromatic nitrogens is 1. The lowest BCUT2D eigenvalue weighted by atomic mass is 9.82. The molecule has 1 saturated carbocycles. The maximum absolute atomic E-state index is 13.9. The lowest BCUT2D eigenvalue weighted by molar-refractivity contribution is 0.0988. The molecule has 0 radical (unpaired) electrons. The second kappa shape index (κ2) is 8.75. The predicted molar refractivity (Wildman–Crippen MR) is 123 cm³/mol. The summed E-state index contributed by atoms with van der Waals surface area (Å²) < 4.78 is 24.4. The highest BCUT2D eigenvalue weighted by Gasteiger charge is 2.49. The molecule has 0 bridgehead atoms. The Labute approximate surface area is 189 Å². The number of oxazole rings is 1. The molecule has 1 spiro atoms. The van der Waals surface area contributed by atoms with Gasteiger partial charge in [0.05, 0.1) is 16.9 Å². The van der Waals surface area contributed by atoms with Gasteiger partial charge in [0.15, 0.2) is 6.39 Å². The van der Waals surface area contributed by atoms with Gasteiger partial charge in [-0.25, -0.2) is 13.7 Å².